The number of hydrogen-bond donors (Lipinski definition) is 1. The Morgan fingerprint density at radius 1 is 1.40 bits per heavy atom. The standard InChI is InChI=1S/C8H7ClF2N4/c9-5-2-1-4-7(14-5)15(3-6(10)11)8(12)13-4/h1-2,6H,3H2,(H2,12,13). The van der Waals surface area contributed by atoms with Gasteiger partial charge >= 0.3 is 0 Å². The number of nitrogens with zero attached hydrogens (tertiary/aromatic N) is 3. The highest BCUT2D eigenvalue weighted by Crippen LogP contribution is 2.19. The summed E-state index contributed by atoms with van der Waals surface area (Å²) in [6.45, 7) is -0.532. The first-order chi connectivity index (χ1) is 7.08. The highest BCUT2D eigenvalue weighted by molar-refractivity contribution is 6.29. The number of anilines is 1. The molecular formula is C8H7ClF2N4. The maximum absolute atomic E-state index is 12.2. The number of nitrogens with two attached hydrogens (primary N) is 1. The Morgan fingerprint density at radius 3 is 2.80 bits per heavy atom. The van der Waals surface area contributed by atoms with E-state index in [9.17, 15) is 8.78 Å². The van der Waals surface area contributed by atoms with E-state index in [1.54, 1.807) is 6.07 Å². The average Bonchev–Trinajstić information content (AvgIpc) is 2.43. The van der Waals surface area contributed by atoms with E-state index >= 15 is 0 Å². The van der Waals surface area contributed by atoms with Gasteiger partial charge in [0.2, 0.25) is 5.95 Å². The molecule has 2 aromatic heterocycles. The van der Waals surface area contributed by atoms with Crippen molar-refractivity contribution in [3.05, 3.63) is 17.3 Å². The minimum absolute atomic E-state index is 0.0140. The molecule has 2 heterocycles. The van der Waals surface area contributed by atoms with Crippen molar-refractivity contribution in [2.45, 2.75) is 13.0 Å². The second-order valence-electron chi connectivity index (χ2n) is 2.95. The van der Waals surface area contributed by atoms with Gasteiger partial charge in [0.25, 0.3) is 6.43 Å². The number of alkyl halides is 2. The van der Waals surface area contributed by atoms with Crippen LogP contribution in [0.1, 0.15) is 0 Å². The van der Waals surface area contributed by atoms with Crippen LogP contribution in [0, 0.1) is 0 Å². The fraction of sp³-hybridized carbons (Fsp3) is 0.250. The van der Waals surface area contributed by atoms with E-state index in [-0.39, 0.29) is 16.7 Å². The van der Waals surface area contributed by atoms with Crippen LogP contribution in [0.25, 0.3) is 11.2 Å². The Balaban J connectivity index is 2.60. The number of pyridine rings is 1. The minimum Gasteiger partial charge on any atom is -0.369 e. The monoisotopic (exact) mass is 232 g/mol. The molecule has 2 N–H and O–H groups in total. The second kappa shape index (κ2) is 3.62. The molecule has 0 amide bonds. The topological polar surface area (TPSA) is 56.7 Å². The number of halogens is 3. The lowest BCUT2D eigenvalue weighted by atomic mass is 10.4. The highest BCUT2D eigenvalue weighted by Gasteiger charge is 2.13. The zero-order valence-corrected chi connectivity index (χ0v) is 8.25. The Morgan fingerprint density at radius 2 is 2.13 bits per heavy atom. The van der Waals surface area contributed by atoms with Crippen LogP contribution in [0.5, 0.6) is 0 Å². The SMILES string of the molecule is Nc1nc2ccc(Cl)nc2n1CC(F)F. The molecular weight excluding hydrogens is 226 g/mol. The lowest BCUT2D eigenvalue weighted by Gasteiger charge is -2.03. The first kappa shape index (κ1) is 10.1. The lowest BCUT2D eigenvalue weighted by molar-refractivity contribution is 0.128. The Bertz CT molecular complexity index is 497. The van der Waals surface area contributed by atoms with Gasteiger partial charge in [-0.05, 0) is 12.1 Å². The van der Waals surface area contributed by atoms with Crippen LogP contribution < -0.4 is 5.73 Å². The van der Waals surface area contributed by atoms with E-state index in [1.807, 2.05) is 0 Å². The molecule has 4 nitrogen and oxygen atoms in total. The molecule has 2 aromatic rings. The summed E-state index contributed by atoms with van der Waals surface area (Å²) in [7, 11) is 0. The maximum atomic E-state index is 12.2. The summed E-state index contributed by atoms with van der Waals surface area (Å²) in [5, 5.41) is 0.220. The van der Waals surface area contributed by atoms with Crippen LogP contribution in [0.4, 0.5) is 14.7 Å². The van der Waals surface area contributed by atoms with Crippen LogP contribution in [0.3, 0.4) is 0 Å². The molecule has 0 aromatic carbocycles. The van der Waals surface area contributed by atoms with E-state index in [0.717, 1.165) is 4.57 Å². The van der Waals surface area contributed by atoms with Gasteiger partial charge in [-0.25, -0.2) is 18.7 Å². The first-order valence-electron chi connectivity index (χ1n) is 4.14. The van der Waals surface area contributed by atoms with Gasteiger partial charge in [0.15, 0.2) is 5.65 Å². The van der Waals surface area contributed by atoms with Gasteiger partial charge in [-0.2, -0.15) is 0 Å². The van der Waals surface area contributed by atoms with E-state index in [0.29, 0.717) is 5.52 Å². The molecule has 15 heavy (non-hydrogen) atoms. The van der Waals surface area contributed by atoms with Gasteiger partial charge in [0.05, 0.1) is 6.54 Å². The molecule has 0 aliphatic heterocycles. The van der Waals surface area contributed by atoms with Crippen LogP contribution in [0.2, 0.25) is 5.15 Å². The molecule has 0 bridgehead atoms. The summed E-state index contributed by atoms with van der Waals surface area (Å²) in [5.41, 5.74) is 6.22. The largest absolute Gasteiger partial charge is 0.369 e. The third-order valence-electron chi connectivity index (χ3n) is 1.91. The third-order valence-corrected chi connectivity index (χ3v) is 2.12. The van der Waals surface area contributed by atoms with Crippen molar-refractivity contribution in [1.29, 1.82) is 0 Å². The summed E-state index contributed by atoms with van der Waals surface area (Å²) >= 11 is 5.66. The molecule has 0 atom stereocenters. The molecule has 2 rings (SSSR count). The molecule has 0 saturated heterocycles. The first-order valence-corrected chi connectivity index (χ1v) is 4.52. The number of aromatic nitrogens is 3. The summed E-state index contributed by atoms with van der Waals surface area (Å²) < 4.78 is 25.6. The molecule has 0 saturated carbocycles. The second-order valence-corrected chi connectivity index (χ2v) is 3.34. The summed E-state index contributed by atoms with van der Waals surface area (Å²) in [5.74, 6) is 0.0140. The van der Waals surface area contributed by atoms with E-state index in [2.05, 4.69) is 9.97 Å². The number of imidazole rings is 1. The molecule has 0 fully saturated rings. The fourth-order valence-corrected chi connectivity index (χ4v) is 1.46. The van der Waals surface area contributed by atoms with E-state index in [1.165, 1.54) is 6.07 Å². The molecule has 0 unspecified atom stereocenters. The van der Waals surface area contributed by atoms with Crippen LogP contribution in [0.15, 0.2) is 12.1 Å². The average molecular weight is 233 g/mol. The Labute approximate surface area is 88.7 Å². The van der Waals surface area contributed by atoms with Crippen LogP contribution in [-0.2, 0) is 6.54 Å². The maximum Gasteiger partial charge on any atom is 0.256 e. The molecule has 80 valence electrons. The third kappa shape index (κ3) is 1.85. The summed E-state index contributed by atoms with van der Waals surface area (Å²) in [6, 6.07) is 3.12. The van der Waals surface area contributed by atoms with E-state index < -0.39 is 13.0 Å². The molecule has 7 heteroatoms. The quantitative estimate of drug-likeness (QED) is 0.805. The Hall–Kier alpha value is -1.43. The van der Waals surface area contributed by atoms with Gasteiger partial charge in [-0.1, -0.05) is 11.6 Å². The summed E-state index contributed by atoms with van der Waals surface area (Å²) in [4.78, 5) is 7.80. The van der Waals surface area contributed by atoms with Crippen molar-refractivity contribution in [3.63, 3.8) is 0 Å². The number of nitrogen functional groups attached to an aromatic ring is 1. The van der Waals surface area contributed by atoms with Crippen molar-refractivity contribution < 1.29 is 8.78 Å². The van der Waals surface area contributed by atoms with Gasteiger partial charge in [0.1, 0.15) is 10.7 Å². The number of hydrogen-bond acceptors (Lipinski definition) is 3. The highest BCUT2D eigenvalue weighted by atomic mass is 35.5. The van der Waals surface area contributed by atoms with Gasteiger partial charge < -0.3 is 5.73 Å². The van der Waals surface area contributed by atoms with Crippen molar-refractivity contribution in [2.24, 2.45) is 0 Å². The lowest BCUT2D eigenvalue weighted by Crippen LogP contribution is -2.10. The van der Waals surface area contributed by atoms with Crippen molar-refractivity contribution in [3.8, 4) is 0 Å². The zero-order chi connectivity index (χ0) is 11.0. The number of rotatable bonds is 2. The van der Waals surface area contributed by atoms with E-state index in [4.69, 9.17) is 17.3 Å². The summed E-state index contributed by atoms with van der Waals surface area (Å²) in [6.07, 6.45) is -2.51. The van der Waals surface area contributed by atoms with Crippen molar-refractivity contribution >= 4 is 28.7 Å². The van der Waals surface area contributed by atoms with Gasteiger partial charge in [-0.3, -0.25) is 4.57 Å². The zero-order valence-electron chi connectivity index (χ0n) is 7.49. The predicted molar refractivity (Wildman–Crippen MR) is 53.0 cm³/mol. The number of fused-ring (bicyclic) bond motifs is 1. The molecule has 0 aliphatic rings. The normalized spacial score (nSPS) is 11.5. The fourth-order valence-electron chi connectivity index (χ4n) is 1.31. The van der Waals surface area contributed by atoms with Gasteiger partial charge in [0, 0.05) is 0 Å². The smallest absolute Gasteiger partial charge is 0.256 e. The molecule has 0 radical (unpaired) electrons. The minimum atomic E-state index is -2.51. The van der Waals surface area contributed by atoms with Crippen LogP contribution in [-0.4, -0.2) is 21.0 Å². The Kier molecular flexibility index (Phi) is 2.44. The predicted octanol–water partition coefficient (Wildman–Crippen LogP) is 1.93. The van der Waals surface area contributed by atoms with Crippen molar-refractivity contribution in [1.82, 2.24) is 14.5 Å². The van der Waals surface area contributed by atoms with Crippen LogP contribution >= 0.6 is 11.6 Å². The van der Waals surface area contributed by atoms with Crippen molar-refractivity contribution in [2.75, 3.05) is 5.73 Å². The molecule has 0 spiro atoms. The van der Waals surface area contributed by atoms with Gasteiger partial charge in [-0.15, -0.1) is 0 Å². The molecule has 0 aliphatic carbocycles.